The Hall–Kier alpha value is -3.79. The predicted molar refractivity (Wildman–Crippen MR) is 197 cm³/mol. The number of anilines is 2. The van der Waals surface area contributed by atoms with E-state index >= 15 is 0 Å². The summed E-state index contributed by atoms with van der Waals surface area (Å²) in [5, 5.41) is 57.5. The van der Waals surface area contributed by atoms with Crippen LogP contribution in [0, 0.1) is 0 Å². The SMILES string of the molecule is C/C=C(\C=C/NCCSSCC[n+]1ccc(N=Nc2ccc(N(CCO)CCO)cc2)cc1)N=Nc1ccc(N(CCO)CCO)cc1. The van der Waals surface area contributed by atoms with Crippen molar-refractivity contribution in [1.82, 2.24) is 5.32 Å². The second-order valence-corrected chi connectivity index (χ2v) is 12.9. The lowest BCUT2D eigenvalue weighted by atomic mass is 10.2. The molecule has 0 unspecified atom stereocenters. The Labute approximate surface area is 291 Å². The lowest BCUT2D eigenvalue weighted by molar-refractivity contribution is -0.692. The molecule has 0 saturated carbocycles. The van der Waals surface area contributed by atoms with Crippen molar-refractivity contribution in [1.29, 1.82) is 0 Å². The fourth-order valence-electron chi connectivity index (χ4n) is 4.36. The first-order valence-electron chi connectivity index (χ1n) is 15.9. The molecular formula is C34H47N8O4S2+. The number of allylic oxidation sites excluding steroid dienone is 2. The third kappa shape index (κ3) is 14.5. The summed E-state index contributed by atoms with van der Waals surface area (Å²) >= 11 is 0. The largest absolute Gasteiger partial charge is 0.395 e. The summed E-state index contributed by atoms with van der Waals surface area (Å²) in [7, 11) is 3.67. The van der Waals surface area contributed by atoms with Crippen LogP contribution in [0.3, 0.4) is 0 Å². The van der Waals surface area contributed by atoms with Gasteiger partial charge < -0.3 is 35.5 Å². The van der Waals surface area contributed by atoms with Gasteiger partial charge in [0.05, 0.1) is 54.9 Å². The average molecular weight is 696 g/mol. The van der Waals surface area contributed by atoms with Crippen LogP contribution >= 0.6 is 21.6 Å². The third-order valence-corrected chi connectivity index (χ3v) is 9.25. The van der Waals surface area contributed by atoms with Crippen molar-refractivity contribution < 1.29 is 25.0 Å². The van der Waals surface area contributed by atoms with Gasteiger partial charge in [0.2, 0.25) is 0 Å². The standard InChI is InChI=1S/C34H47N8O4S2/c1-2-29(36-37-30-3-7-33(8-4-30)41(18-23-43)19-24-44)11-14-35-15-27-47-48-28-22-40-16-12-32(13-17-40)39-38-31-5-9-34(10-6-31)42(20-25-45)21-26-46/h2-14,16-17,35,43-46H,15,18-28H2,1H3/q+1/b14-11-,29-2+,37-36?. The van der Waals surface area contributed by atoms with Crippen LogP contribution in [-0.4, -0.2) is 91.1 Å². The van der Waals surface area contributed by atoms with E-state index in [9.17, 15) is 20.4 Å². The highest BCUT2D eigenvalue weighted by atomic mass is 33.1. The number of nitrogens with zero attached hydrogens (tertiary/aromatic N) is 7. The summed E-state index contributed by atoms with van der Waals surface area (Å²) in [6, 6.07) is 19.0. The number of aliphatic hydroxyl groups is 4. The van der Waals surface area contributed by atoms with Crippen LogP contribution in [0.4, 0.5) is 28.4 Å². The molecule has 0 saturated heterocycles. The van der Waals surface area contributed by atoms with Crippen LogP contribution in [0.15, 0.2) is 118 Å². The molecule has 5 N–H and O–H groups in total. The maximum Gasteiger partial charge on any atom is 0.171 e. The van der Waals surface area contributed by atoms with Crippen molar-refractivity contribution in [3.8, 4) is 0 Å². The number of benzene rings is 2. The van der Waals surface area contributed by atoms with Crippen LogP contribution in [0.25, 0.3) is 0 Å². The lowest BCUT2D eigenvalue weighted by Crippen LogP contribution is -2.33. The molecule has 48 heavy (non-hydrogen) atoms. The van der Waals surface area contributed by atoms with Crippen LogP contribution in [0.2, 0.25) is 0 Å². The van der Waals surface area contributed by atoms with Crippen molar-refractivity contribution in [2.75, 3.05) is 80.5 Å². The fraction of sp³-hybridized carbons (Fsp3) is 0.382. The van der Waals surface area contributed by atoms with Crippen molar-refractivity contribution >= 4 is 50.0 Å². The Morgan fingerprint density at radius 1 is 0.688 bits per heavy atom. The number of aliphatic hydroxyl groups excluding tert-OH is 4. The second-order valence-electron chi connectivity index (χ2n) is 10.2. The van der Waals surface area contributed by atoms with Crippen molar-refractivity contribution in [3.63, 3.8) is 0 Å². The molecule has 258 valence electrons. The van der Waals surface area contributed by atoms with E-state index in [1.54, 1.807) is 0 Å². The van der Waals surface area contributed by atoms with E-state index < -0.39 is 0 Å². The highest BCUT2D eigenvalue weighted by molar-refractivity contribution is 8.76. The predicted octanol–water partition coefficient (Wildman–Crippen LogP) is 5.14. The second kappa shape index (κ2) is 23.5. The van der Waals surface area contributed by atoms with Gasteiger partial charge in [-0.1, -0.05) is 27.7 Å². The summed E-state index contributed by atoms with van der Waals surface area (Å²) < 4.78 is 2.13. The molecule has 0 aliphatic rings. The molecule has 14 heteroatoms. The zero-order valence-electron chi connectivity index (χ0n) is 27.4. The van der Waals surface area contributed by atoms with E-state index in [1.165, 1.54) is 0 Å². The monoisotopic (exact) mass is 695 g/mol. The maximum absolute atomic E-state index is 9.23. The molecular weight excluding hydrogens is 649 g/mol. The van der Waals surface area contributed by atoms with Crippen molar-refractivity contribution in [2.45, 2.75) is 13.5 Å². The molecule has 1 aromatic heterocycles. The molecule has 2 aromatic carbocycles. The van der Waals surface area contributed by atoms with E-state index in [0.29, 0.717) is 26.2 Å². The number of aryl methyl sites for hydroxylation is 1. The van der Waals surface area contributed by atoms with Gasteiger partial charge in [-0.3, -0.25) is 0 Å². The molecule has 3 rings (SSSR count). The van der Waals surface area contributed by atoms with Gasteiger partial charge in [0.1, 0.15) is 0 Å². The van der Waals surface area contributed by atoms with Gasteiger partial charge in [-0.2, -0.15) is 20.5 Å². The fourth-order valence-corrected chi connectivity index (χ4v) is 6.26. The quantitative estimate of drug-likeness (QED) is 0.0298. The van der Waals surface area contributed by atoms with Crippen LogP contribution in [-0.2, 0) is 6.54 Å². The maximum atomic E-state index is 9.23. The van der Waals surface area contributed by atoms with E-state index in [2.05, 4.69) is 30.3 Å². The van der Waals surface area contributed by atoms with Gasteiger partial charge in [0, 0.05) is 62.0 Å². The number of aromatic nitrogens is 1. The van der Waals surface area contributed by atoms with Crippen molar-refractivity contribution in [2.24, 2.45) is 20.5 Å². The van der Waals surface area contributed by atoms with Gasteiger partial charge in [-0.25, -0.2) is 4.57 Å². The van der Waals surface area contributed by atoms with E-state index in [4.69, 9.17) is 0 Å². The van der Waals surface area contributed by atoms with E-state index in [-0.39, 0.29) is 26.4 Å². The number of hydrogen-bond acceptors (Lipinski definition) is 13. The van der Waals surface area contributed by atoms with Gasteiger partial charge in [0.25, 0.3) is 0 Å². The number of azo groups is 2. The summed E-state index contributed by atoms with van der Waals surface area (Å²) in [4.78, 5) is 3.83. The zero-order chi connectivity index (χ0) is 34.2. The molecule has 12 nitrogen and oxygen atoms in total. The molecule has 0 atom stereocenters. The minimum atomic E-state index is 0.0228. The Balaban J connectivity index is 1.30. The normalized spacial score (nSPS) is 12.1. The number of pyridine rings is 1. The molecule has 0 aliphatic carbocycles. The molecule has 0 bridgehead atoms. The smallest absolute Gasteiger partial charge is 0.171 e. The van der Waals surface area contributed by atoms with Gasteiger partial charge >= 0.3 is 0 Å². The number of nitrogens with one attached hydrogen (secondary N) is 1. The Bertz CT molecular complexity index is 1410. The Morgan fingerprint density at radius 3 is 1.67 bits per heavy atom. The van der Waals surface area contributed by atoms with Gasteiger partial charge in [-0.15, -0.1) is 0 Å². The number of hydrogen-bond donors (Lipinski definition) is 5. The minimum Gasteiger partial charge on any atom is -0.395 e. The molecule has 0 amide bonds. The summed E-state index contributed by atoms with van der Waals surface area (Å²) in [6.07, 6.45) is 9.69. The third-order valence-electron chi connectivity index (χ3n) is 6.86. The molecule has 0 aliphatic heterocycles. The van der Waals surface area contributed by atoms with Gasteiger partial charge in [0.15, 0.2) is 18.9 Å². The molecule has 3 aromatic rings. The van der Waals surface area contributed by atoms with Gasteiger partial charge in [-0.05, 0) is 67.7 Å². The zero-order valence-corrected chi connectivity index (χ0v) is 29.0. The number of rotatable bonds is 23. The summed E-state index contributed by atoms with van der Waals surface area (Å²) in [5.74, 6) is 1.94. The highest BCUT2D eigenvalue weighted by Gasteiger charge is 2.07. The first-order valence-corrected chi connectivity index (χ1v) is 18.4. The Morgan fingerprint density at radius 2 is 1.17 bits per heavy atom. The first kappa shape index (κ1) is 38.7. The molecule has 0 spiro atoms. The van der Waals surface area contributed by atoms with Crippen LogP contribution < -0.4 is 19.7 Å². The van der Waals surface area contributed by atoms with Crippen LogP contribution in [0.1, 0.15) is 6.92 Å². The highest BCUT2D eigenvalue weighted by Crippen LogP contribution is 2.23. The van der Waals surface area contributed by atoms with E-state index in [1.807, 2.05) is 130 Å². The first-order chi connectivity index (χ1) is 23.6. The molecule has 1 heterocycles. The van der Waals surface area contributed by atoms with E-state index in [0.717, 1.165) is 58.7 Å². The minimum absolute atomic E-state index is 0.0228. The Kier molecular flexibility index (Phi) is 18.9. The summed E-state index contributed by atoms with van der Waals surface area (Å²) in [6.45, 7) is 5.59. The van der Waals surface area contributed by atoms with Crippen LogP contribution in [0.5, 0.6) is 0 Å². The lowest BCUT2D eigenvalue weighted by Gasteiger charge is -2.22. The average Bonchev–Trinajstić information content (AvgIpc) is 3.12. The van der Waals surface area contributed by atoms with Crippen molar-refractivity contribution in [3.05, 3.63) is 97.1 Å². The topological polar surface area (TPSA) is 153 Å². The molecule has 0 fully saturated rings. The molecule has 0 radical (unpaired) electrons. The summed E-state index contributed by atoms with van der Waals surface area (Å²) in [5.41, 5.74) is 4.81.